The predicted octanol–water partition coefficient (Wildman–Crippen LogP) is 3.32. The third kappa shape index (κ3) is 4.04. The molecule has 1 atom stereocenters. The van der Waals surface area contributed by atoms with Gasteiger partial charge in [-0.1, -0.05) is 36.4 Å². The zero-order valence-electron chi connectivity index (χ0n) is 17.4. The van der Waals surface area contributed by atoms with Gasteiger partial charge < -0.3 is 24.8 Å². The number of anilines is 1. The molecule has 1 aliphatic heterocycles. The van der Waals surface area contributed by atoms with Crippen LogP contribution in [0.1, 0.15) is 27.1 Å². The number of fused-ring (bicyclic) bond motifs is 1. The first-order chi connectivity index (χ1) is 15.0. The Kier molecular flexibility index (Phi) is 5.77. The molecule has 31 heavy (non-hydrogen) atoms. The third-order valence-electron chi connectivity index (χ3n) is 5.46. The Bertz CT molecular complexity index is 1140. The number of likely N-dealkylation sites (tertiary alicyclic amines) is 1. The lowest BCUT2D eigenvalue weighted by Crippen LogP contribution is -2.29. The van der Waals surface area contributed by atoms with Crippen molar-refractivity contribution < 1.29 is 24.2 Å². The first-order valence-electron chi connectivity index (χ1n) is 10.0. The Balaban J connectivity index is 1.71. The van der Waals surface area contributed by atoms with E-state index in [0.29, 0.717) is 41.3 Å². The summed E-state index contributed by atoms with van der Waals surface area (Å²) in [6.45, 7) is 0.761. The summed E-state index contributed by atoms with van der Waals surface area (Å²) < 4.78 is 10.9. The normalized spacial score (nSPS) is 15.7. The van der Waals surface area contributed by atoms with Gasteiger partial charge in [0.25, 0.3) is 11.8 Å². The minimum Gasteiger partial charge on any atom is -0.493 e. The van der Waals surface area contributed by atoms with E-state index >= 15 is 0 Å². The minimum absolute atomic E-state index is 0.238. The van der Waals surface area contributed by atoms with Crippen molar-refractivity contribution in [3.05, 3.63) is 65.7 Å². The van der Waals surface area contributed by atoms with Gasteiger partial charge in [-0.2, -0.15) is 0 Å². The van der Waals surface area contributed by atoms with E-state index in [4.69, 9.17) is 9.47 Å². The van der Waals surface area contributed by atoms with Crippen molar-refractivity contribution in [3.63, 3.8) is 0 Å². The Morgan fingerprint density at radius 1 is 1.06 bits per heavy atom. The molecule has 1 aliphatic rings. The van der Waals surface area contributed by atoms with Gasteiger partial charge in [0.05, 0.1) is 26.0 Å². The van der Waals surface area contributed by atoms with Gasteiger partial charge in [0.1, 0.15) is 0 Å². The molecule has 4 rings (SSSR count). The van der Waals surface area contributed by atoms with E-state index in [1.54, 1.807) is 23.1 Å². The monoisotopic (exact) mass is 420 g/mol. The number of aliphatic hydroxyl groups excluding tert-OH is 1. The van der Waals surface area contributed by atoms with Crippen molar-refractivity contribution in [1.29, 1.82) is 0 Å². The molecule has 0 aliphatic carbocycles. The number of ether oxygens (including phenoxy) is 2. The van der Waals surface area contributed by atoms with Crippen LogP contribution in [0.25, 0.3) is 10.8 Å². The molecule has 0 bridgehead atoms. The van der Waals surface area contributed by atoms with Crippen molar-refractivity contribution in [2.45, 2.75) is 12.5 Å². The van der Waals surface area contributed by atoms with Crippen LogP contribution in [0.3, 0.4) is 0 Å². The Morgan fingerprint density at radius 2 is 1.84 bits per heavy atom. The molecule has 1 saturated heterocycles. The molecule has 0 saturated carbocycles. The van der Waals surface area contributed by atoms with Crippen LogP contribution in [0, 0.1) is 0 Å². The van der Waals surface area contributed by atoms with Gasteiger partial charge in [-0.25, -0.2) is 0 Å². The van der Waals surface area contributed by atoms with Crippen LogP contribution in [0.2, 0.25) is 0 Å². The first kappa shape index (κ1) is 20.7. The molecule has 0 aromatic heterocycles. The number of carbonyl (C=O) groups is 2. The number of aliphatic hydroxyl groups is 1. The number of amides is 2. The van der Waals surface area contributed by atoms with Gasteiger partial charge in [-0.05, 0) is 35.4 Å². The summed E-state index contributed by atoms with van der Waals surface area (Å²) in [4.78, 5) is 27.7. The highest BCUT2D eigenvalue weighted by Crippen LogP contribution is 2.37. The van der Waals surface area contributed by atoms with E-state index in [1.807, 2.05) is 36.4 Å². The number of rotatable bonds is 5. The molecule has 1 heterocycles. The van der Waals surface area contributed by atoms with Crippen LogP contribution in [0.4, 0.5) is 5.69 Å². The molecular weight excluding hydrogens is 396 g/mol. The number of carbonyl (C=O) groups excluding carboxylic acids is 2. The maximum Gasteiger partial charge on any atom is 0.256 e. The van der Waals surface area contributed by atoms with Gasteiger partial charge in [0.2, 0.25) is 0 Å². The molecule has 7 nitrogen and oxygen atoms in total. The van der Waals surface area contributed by atoms with Gasteiger partial charge in [-0.3, -0.25) is 9.59 Å². The minimum atomic E-state index is -0.519. The molecule has 1 fully saturated rings. The predicted molar refractivity (Wildman–Crippen MR) is 118 cm³/mol. The van der Waals surface area contributed by atoms with Crippen molar-refractivity contribution in [2.24, 2.45) is 0 Å². The third-order valence-corrected chi connectivity index (χ3v) is 5.46. The summed E-state index contributed by atoms with van der Waals surface area (Å²) in [6, 6.07) is 16.3. The summed E-state index contributed by atoms with van der Waals surface area (Å²) >= 11 is 0. The topological polar surface area (TPSA) is 88.1 Å². The fraction of sp³-hybridized carbons (Fsp3) is 0.250. The van der Waals surface area contributed by atoms with Crippen LogP contribution in [0.5, 0.6) is 11.5 Å². The Hall–Kier alpha value is -3.58. The van der Waals surface area contributed by atoms with E-state index < -0.39 is 6.10 Å². The average Bonchev–Trinajstić information content (AvgIpc) is 3.23. The van der Waals surface area contributed by atoms with Crippen LogP contribution < -0.4 is 14.8 Å². The van der Waals surface area contributed by atoms with E-state index in [-0.39, 0.29) is 18.4 Å². The number of methoxy groups -OCH3 is 2. The van der Waals surface area contributed by atoms with Crippen LogP contribution in [0.15, 0.2) is 54.6 Å². The molecule has 2 amide bonds. The van der Waals surface area contributed by atoms with Gasteiger partial charge in [0, 0.05) is 24.2 Å². The lowest BCUT2D eigenvalue weighted by atomic mass is 10.0. The number of hydrogen-bond acceptors (Lipinski definition) is 5. The van der Waals surface area contributed by atoms with E-state index in [1.165, 1.54) is 14.2 Å². The molecule has 0 spiro atoms. The zero-order valence-corrected chi connectivity index (χ0v) is 17.4. The molecule has 3 aromatic rings. The van der Waals surface area contributed by atoms with E-state index in [2.05, 4.69) is 5.32 Å². The van der Waals surface area contributed by atoms with Gasteiger partial charge >= 0.3 is 0 Å². The van der Waals surface area contributed by atoms with Crippen molar-refractivity contribution in [2.75, 3.05) is 32.6 Å². The number of nitrogens with one attached hydrogen (secondary N) is 1. The highest BCUT2D eigenvalue weighted by Gasteiger charge is 2.27. The molecule has 2 N–H and O–H groups in total. The summed E-state index contributed by atoms with van der Waals surface area (Å²) in [7, 11) is 2.95. The maximum atomic E-state index is 13.1. The molecule has 1 unspecified atom stereocenters. The number of hydrogen-bond donors (Lipinski definition) is 2. The average molecular weight is 420 g/mol. The second-order valence-electron chi connectivity index (χ2n) is 7.43. The second kappa shape index (κ2) is 8.65. The molecule has 160 valence electrons. The fourth-order valence-electron chi connectivity index (χ4n) is 3.90. The number of β-amino-alcohol motifs (C(OH)–C–C–N with tert-alkyl or cyclic N) is 1. The summed E-state index contributed by atoms with van der Waals surface area (Å²) in [5.41, 5.74) is 1.20. The molecule has 3 aromatic carbocycles. The van der Waals surface area contributed by atoms with E-state index in [0.717, 1.165) is 10.8 Å². The molecular formula is C24H24N2O5. The fourth-order valence-corrected chi connectivity index (χ4v) is 3.90. The standard InChI is InChI=1S/C24H24N2O5/c1-30-21-13-16(24(29)26-11-10-17(27)14-26)12-20(22(21)31-2)25-23(28)19-9-5-7-15-6-3-4-8-18(15)19/h3-9,12-13,17,27H,10-11,14H2,1-2H3,(H,25,28). The quantitative estimate of drug-likeness (QED) is 0.661. The second-order valence-corrected chi connectivity index (χ2v) is 7.43. The van der Waals surface area contributed by atoms with Gasteiger partial charge in [-0.15, -0.1) is 0 Å². The zero-order chi connectivity index (χ0) is 22.0. The van der Waals surface area contributed by atoms with Crippen molar-refractivity contribution in [3.8, 4) is 11.5 Å². The summed E-state index contributed by atoms with van der Waals surface area (Å²) in [5, 5.41) is 14.4. The molecule has 7 heteroatoms. The Labute approximate surface area is 180 Å². The van der Waals surface area contributed by atoms with Crippen molar-refractivity contribution >= 4 is 28.3 Å². The highest BCUT2D eigenvalue weighted by molar-refractivity contribution is 6.13. The SMILES string of the molecule is COc1cc(C(=O)N2CCC(O)C2)cc(NC(=O)c2cccc3ccccc23)c1OC. The van der Waals surface area contributed by atoms with Crippen LogP contribution >= 0.6 is 0 Å². The number of nitrogens with zero attached hydrogens (tertiary/aromatic N) is 1. The smallest absolute Gasteiger partial charge is 0.256 e. The van der Waals surface area contributed by atoms with E-state index in [9.17, 15) is 14.7 Å². The Morgan fingerprint density at radius 3 is 2.55 bits per heavy atom. The summed E-state index contributed by atoms with van der Waals surface area (Å²) in [5.74, 6) is 0.104. The first-order valence-corrected chi connectivity index (χ1v) is 10.0. The maximum absolute atomic E-state index is 13.1. The highest BCUT2D eigenvalue weighted by atomic mass is 16.5. The van der Waals surface area contributed by atoms with Crippen LogP contribution in [-0.2, 0) is 0 Å². The molecule has 0 radical (unpaired) electrons. The van der Waals surface area contributed by atoms with Gasteiger partial charge in [0.15, 0.2) is 11.5 Å². The lowest BCUT2D eigenvalue weighted by Gasteiger charge is -2.19. The largest absolute Gasteiger partial charge is 0.493 e. The van der Waals surface area contributed by atoms with Crippen LogP contribution in [-0.4, -0.2) is 55.2 Å². The van der Waals surface area contributed by atoms with Crippen molar-refractivity contribution in [1.82, 2.24) is 4.90 Å². The lowest BCUT2D eigenvalue weighted by molar-refractivity contribution is 0.0764. The summed E-state index contributed by atoms with van der Waals surface area (Å²) in [6.07, 6.45) is 0.0265. The number of benzene rings is 3.